The number of benzene rings is 2. The number of aryl methyl sites for hydroxylation is 1. The number of unbranched alkanes of at least 4 members (excludes halogenated alkanes) is 1. The summed E-state index contributed by atoms with van der Waals surface area (Å²) < 4.78 is 5.59. The van der Waals surface area contributed by atoms with E-state index < -0.39 is 11.8 Å². The van der Waals surface area contributed by atoms with Gasteiger partial charge < -0.3 is 15.4 Å². The molecular weight excluding hydrogens is 384 g/mol. The maximum atomic E-state index is 12.2. The molecule has 0 aliphatic rings. The van der Waals surface area contributed by atoms with Gasteiger partial charge in [-0.2, -0.15) is 5.10 Å². The van der Waals surface area contributed by atoms with Gasteiger partial charge in [0, 0.05) is 17.8 Å². The molecule has 3 N–H and O–H groups in total. The van der Waals surface area contributed by atoms with Crippen LogP contribution in [0.2, 0.25) is 0 Å². The van der Waals surface area contributed by atoms with Crippen LogP contribution in [0.15, 0.2) is 53.6 Å². The lowest BCUT2D eigenvalue weighted by molar-refractivity contribution is -0.139. The highest BCUT2D eigenvalue weighted by Gasteiger charge is 2.11. The number of rotatable bonds is 9. The van der Waals surface area contributed by atoms with Crippen molar-refractivity contribution in [3.05, 3.63) is 59.7 Å². The first-order valence-electron chi connectivity index (χ1n) is 9.69. The van der Waals surface area contributed by atoms with Crippen LogP contribution in [-0.4, -0.2) is 37.1 Å². The van der Waals surface area contributed by atoms with E-state index in [1.807, 2.05) is 38.1 Å². The van der Waals surface area contributed by atoms with E-state index in [0.717, 1.165) is 24.1 Å². The molecule has 2 aromatic carbocycles. The van der Waals surface area contributed by atoms with Crippen LogP contribution in [0.4, 0.5) is 5.69 Å². The van der Waals surface area contributed by atoms with Crippen molar-refractivity contribution in [2.45, 2.75) is 26.7 Å². The molecule has 0 saturated heterocycles. The van der Waals surface area contributed by atoms with Crippen molar-refractivity contribution in [3.63, 3.8) is 0 Å². The molecule has 8 nitrogen and oxygen atoms in total. The summed E-state index contributed by atoms with van der Waals surface area (Å²) in [5.41, 5.74) is 4.40. The van der Waals surface area contributed by atoms with Crippen LogP contribution in [0.25, 0.3) is 0 Å². The first-order valence-corrected chi connectivity index (χ1v) is 9.69. The fourth-order valence-corrected chi connectivity index (χ4v) is 2.43. The average molecular weight is 410 g/mol. The third-order valence-electron chi connectivity index (χ3n) is 4.09. The summed E-state index contributed by atoms with van der Waals surface area (Å²) in [4.78, 5) is 35.5. The van der Waals surface area contributed by atoms with Crippen LogP contribution in [-0.2, 0) is 14.4 Å². The monoisotopic (exact) mass is 410 g/mol. The number of hydrogen-bond acceptors (Lipinski definition) is 5. The highest BCUT2D eigenvalue weighted by atomic mass is 16.5. The van der Waals surface area contributed by atoms with Gasteiger partial charge in [-0.1, -0.05) is 43.7 Å². The van der Waals surface area contributed by atoms with Crippen molar-refractivity contribution in [1.82, 2.24) is 10.7 Å². The fourth-order valence-electron chi connectivity index (χ4n) is 2.43. The Morgan fingerprint density at radius 1 is 1.03 bits per heavy atom. The van der Waals surface area contributed by atoms with Crippen LogP contribution < -0.4 is 20.8 Å². The van der Waals surface area contributed by atoms with Gasteiger partial charge >= 0.3 is 11.8 Å². The van der Waals surface area contributed by atoms with E-state index >= 15 is 0 Å². The van der Waals surface area contributed by atoms with Crippen molar-refractivity contribution in [2.24, 2.45) is 5.10 Å². The van der Waals surface area contributed by atoms with E-state index in [4.69, 9.17) is 4.74 Å². The largest absolute Gasteiger partial charge is 0.483 e. The number of amides is 3. The van der Waals surface area contributed by atoms with Gasteiger partial charge in [0.05, 0.1) is 6.21 Å². The molecule has 0 fully saturated rings. The number of nitrogens with one attached hydrogen (secondary N) is 3. The zero-order valence-electron chi connectivity index (χ0n) is 17.1. The molecule has 30 heavy (non-hydrogen) atoms. The first kappa shape index (κ1) is 22.6. The molecule has 0 saturated carbocycles. The molecule has 158 valence electrons. The van der Waals surface area contributed by atoms with Crippen LogP contribution in [0, 0.1) is 6.92 Å². The number of hydrogen-bond donors (Lipinski definition) is 3. The molecule has 0 heterocycles. The quantitative estimate of drug-likeness (QED) is 0.255. The number of anilines is 1. The van der Waals surface area contributed by atoms with Crippen LogP contribution in [0.1, 0.15) is 30.9 Å². The minimum absolute atomic E-state index is 0.189. The van der Waals surface area contributed by atoms with Crippen LogP contribution in [0.5, 0.6) is 5.75 Å². The van der Waals surface area contributed by atoms with Gasteiger partial charge in [-0.3, -0.25) is 14.4 Å². The number of carbonyl (C=O) groups excluding carboxylic acids is 3. The van der Waals surface area contributed by atoms with Crippen molar-refractivity contribution < 1.29 is 19.1 Å². The number of nitrogens with zero attached hydrogens (tertiary/aromatic N) is 1. The zero-order valence-corrected chi connectivity index (χ0v) is 17.1. The predicted molar refractivity (Wildman–Crippen MR) is 115 cm³/mol. The van der Waals surface area contributed by atoms with Gasteiger partial charge in [-0.15, -0.1) is 0 Å². The van der Waals surface area contributed by atoms with E-state index in [9.17, 15) is 14.4 Å². The molecule has 8 heteroatoms. The van der Waals surface area contributed by atoms with E-state index in [2.05, 4.69) is 21.2 Å². The maximum absolute atomic E-state index is 12.2. The normalized spacial score (nSPS) is 10.5. The molecule has 0 spiro atoms. The number of carbonyl (C=O) groups is 3. The second-order valence-corrected chi connectivity index (χ2v) is 6.50. The highest BCUT2D eigenvalue weighted by molar-refractivity contribution is 6.35. The average Bonchev–Trinajstić information content (AvgIpc) is 2.74. The molecule has 0 radical (unpaired) electrons. The summed E-state index contributed by atoms with van der Waals surface area (Å²) in [6.45, 7) is 4.14. The molecule has 2 aromatic rings. The number of para-hydroxylation sites is 2. The fraction of sp³-hybridized carbons (Fsp3) is 0.273. The Labute approximate surface area is 175 Å². The molecule has 2 rings (SSSR count). The third kappa shape index (κ3) is 7.38. The Hall–Kier alpha value is -3.68. The number of hydrazone groups is 1. The lowest BCUT2D eigenvalue weighted by Gasteiger charge is -2.11. The molecule has 0 atom stereocenters. The van der Waals surface area contributed by atoms with Gasteiger partial charge in [-0.25, -0.2) is 5.43 Å². The molecule has 0 aromatic heterocycles. The third-order valence-corrected chi connectivity index (χ3v) is 4.09. The summed E-state index contributed by atoms with van der Waals surface area (Å²) >= 11 is 0. The van der Waals surface area contributed by atoms with E-state index in [1.54, 1.807) is 24.3 Å². The molecular formula is C22H26N4O4. The van der Waals surface area contributed by atoms with Crippen LogP contribution in [0.3, 0.4) is 0 Å². The summed E-state index contributed by atoms with van der Waals surface area (Å²) in [7, 11) is 0. The molecule has 3 amide bonds. The lowest BCUT2D eigenvalue weighted by atomic mass is 10.2. The van der Waals surface area contributed by atoms with E-state index in [0.29, 0.717) is 17.9 Å². The minimum atomic E-state index is -0.849. The van der Waals surface area contributed by atoms with Gasteiger partial charge in [0.15, 0.2) is 6.61 Å². The van der Waals surface area contributed by atoms with Gasteiger partial charge in [0.2, 0.25) is 0 Å². The van der Waals surface area contributed by atoms with Gasteiger partial charge in [-0.05, 0) is 37.1 Å². The highest BCUT2D eigenvalue weighted by Crippen LogP contribution is 2.16. The summed E-state index contributed by atoms with van der Waals surface area (Å²) in [5.74, 6) is -1.47. The molecule has 0 bridgehead atoms. The Morgan fingerprint density at radius 3 is 2.53 bits per heavy atom. The summed E-state index contributed by atoms with van der Waals surface area (Å²) in [6, 6.07) is 14.4. The first-order chi connectivity index (χ1) is 14.5. The molecule has 0 aliphatic carbocycles. The maximum Gasteiger partial charge on any atom is 0.329 e. The van der Waals surface area contributed by atoms with Gasteiger partial charge in [0.1, 0.15) is 5.75 Å². The smallest absolute Gasteiger partial charge is 0.329 e. The topological polar surface area (TPSA) is 109 Å². The summed E-state index contributed by atoms with van der Waals surface area (Å²) in [6.07, 6.45) is 3.07. The SMILES string of the molecule is CCCCNC(=O)C(=O)N/N=C\c1ccccc1OCC(=O)Nc1ccccc1C. The zero-order chi connectivity index (χ0) is 21.8. The standard InChI is InChI=1S/C22H26N4O4/c1-3-4-13-23-21(28)22(29)26-24-14-17-10-6-8-12-19(17)30-15-20(27)25-18-11-7-5-9-16(18)2/h5-12,14H,3-4,13,15H2,1-2H3,(H,23,28)(H,25,27)(H,26,29)/b24-14-. The second kappa shape index (κ2) is 12.0. The van der Waals surface area contributed by atoms with Gasteiger partial charge in [0.25, 0.3) is 5.91 Å². The van der Waals surface area contributed by atoms with Crippen molar-refractivity contribution >= 4 is 29.6 Å². The molecule has 0 unspecified atom stereocenters. The number of ether oxygens (including phenoxy) is 1. The Morgan fingerprint density at radius 2 is 1.77 bits per heavy atom. The Kier molecular flexibility index (Phi) is 9.05. The van der Waals surface area contributed by atoms with Crippen molar-refractivity contribution in [2.75, 3.05) is 18.5 Å². The van der Waals surface area contributed by atoms with Crippen molar-refractivity contribution in [1.29, 1.82) is 0 Å². The van der Waals surface area contributed by atoms with E-state index in [1.165, 1.54) is 6.21 Å². The van der Waals surface area contributed by atoms with Crippen LogP contribution >= 0.6 is 0 Å². The second-order valence-electron chi connectivity index (χ2n) is 6.50. The predicted octanol–water partition coefficient (Wildman–Crippen LogP) is 2.38. The minimum Gasteiger partial charge on any atom is -0.483 e. The summed E-state index contributed by atoms with van der Waals surface area (Å²) in [5, 5.41) is 9.09. The van der Waals surface area contributed by atoms with Crippen molar-refractivity contribution in [3.8, 4) is 5.75 Å². The Balaban J connectivity index is 1.88. The lowest BCUT2D eigenvalue weighted by Crippen LogP contribution is -2.38. The molecule has 0 aliphatic heterocycles. The Bertz CT molecular complexity index is 912. The van der Waals surface area contributed by atoms with E-state index in [-0.39, 0.29) is 12.5 Å².